The first-order valence-corrected chi connectivity index (χ1v) is 8.54. The molecule has 6 heteroatoms. The summed E-state index contributed by atoms with van der Waals surface area (Å²) in [4.78, 5) is 16.0. The molecule has 1 unspecified atom stereocenters. The Morgan fingerprint density at radius 2 is 1.86 bits per heavy atom. The molecule has 2 aliphatic rings. The molecule has 22 heavy (non-hydrogen) atoms. The highest BCUT2D eigenvalue weighted by Gasteiger charge is 2.34. The third-order valence-corrected chi connectivity index (χ3v) is 5.03. The Kier molecular flexibility index (Phi) is 6.62. The van der Waals surface area contributed by atoms with Crippen LogP contribution in [0.15, 0.2) is 0 Å². The Bertz CT molecular complexity index is 358. The van der Waals surface area contributed by atoms with Crippen LogP contribution in [0.3, 0.4) is 0 Å². The number of carbonyl (C=O) groups is 1. The number of hydrogen-bond donors (Lipinski definition) is 3. The molecule has 0 saturated carbocycles. The van der Waals surface area contributed by atoms with Crippen molar-refractivity contribution in [3.8, 4) is 0 Å². The maximum absolute atomic E-state index is 11.9. The lowest BCUT2D eigenvalue weighted by Gasteiger charge is -2.42. The van der Waals surface area contributed by atoms with Gasteiger partial charge in [0.05, 0.1) is 18.8 Å². The fourth-order valence-corrected chi connectivity index (χ4v) is 3.58. The lowest BCUT2D eigenvalue weighted by molar-refractivity contribution is -0.132. The van der Waals surface area contributed by atoms with Crippen molar-refractivity contribution in [2.45, 2.75) is 57.3 Å². The highest BCUT2D eigenvalue weighted by Crippen LogP contribution is 2.24. The Morgan fingerprint density at radius 1 is 1.18 bits per heavy atom. The molecule has 128 valence electrons. The normalized spacial score (nSPS) is 31.5. The molecule has 2 fully saturated rings. The minimum Gasteiger partial charge on any atom is -0.395 e. The van der Waals surface area contributed by atoms with Gasteiger partial charge in [0, 0.05) is 38.6 Å². The van der Waals surface area contributed by atoms with Gasteiger partial charge in [-0.3, -0.25) is 9.69 Å². The first-order valence-electron chi connectivity index (χ1n) is 8.54. The van der Waals surface area contributed by atoms with E-state index in [0.717, 1.165) is 38.9 Å². The minimum absolute atomic E-state index is 0.0115. The van der Waals surface area contributed by atoms with Crippen molar-refractivity contribution in [3.05, 3.63) is 0 Å². The van der Waals surface area contributed by atoms with E-state index in [9.17, 15) is 20.1 Å². The van der Waals surface area contributed by atoms with E-state index in [2.05, 4.69) is 4.90 Å². The number of amides is 1. The topological polar surface area (TPSA) is 84.2 Å². The van der Waals surface area contributed by atoms with Crippen LogP contribution in [-0.2, 0) is 4.79 Å². The van der Waals surface area contributed by atoms with Gasteiger partial charge in [-0.1, -0.05) is 6.92 Å². The number of β-amino-alcohol motifs (C(OH)–C–C–N with tert-alkyl or cyclic N) is 1. The molecular weight excluding hydrogens is 284 g/mol. The van der Waals surface area contributed by atoms with Gasteiger partial charge >= 0.3 is 0 Å². The van der Waals surface area contributed by atoms with Gasteiger partial charge in [0.15, 0.2) is 0 Å². The van der Waals surface area contributed by atoms with Crippen molar-refractivity contribution in [1.29, 1.82) is 0 Å². The van der Waals surface area contributed by atoms with E-state index in [1.807, 2.05) is 11.8 Å². The van der Waals surface area contributed by atoms with Crippen LogP contribution in [0, 0.1) is 5.92 Å². The van der Waals surface area contributed by atoms with E-state index in [1.54, 1.807) is 0 Å². The van der Waals surface area contributed by atoms with E-state index in [-0.39, 0.29) is 18.6 Å². The first kappa shape index (κ1) is 17.7. The molecule has 0 bridgehead atoms. The zero-order valence-corrected chi connectivity index (χ0v) is 13.5. The molecule has 2 saturated heterocycles. The third-order valence-electron chi connectivity index (χ3n) is 5.03. The third kappa shape index (κ3) is 4.41. The SMILES string of the molecule is CCCC(=O)N1CCC(CN2C[C@H](O)C(O)C[C@@H]2CO)CC1. The maximum Gasteiger partial charge on any atom is 0.222 e. The molecule has 2 heterocycles. The number of rotatable bonds is 5. The van der Waals surface area contributed by atoms with Gasteiger partial charge in [-0.05, 0) is 31.6 Å². The smallest absolute Gasteiger partial charge is 0.222 e. The predicted octanol–water partition coefficient (Wildman–Crippen LogP) is -0.186. The molecule has 0 aliphatic carbocycles. The average Bonchev–Trinajstić information content (AvgIpc) is 2.51. The van der Waals surface area contributed by atoms with Crippen LogP contribution < -0.4 is 0 Å². The summed E-state index contributed by atoms with van der Waals surface area (Å²) in [7, 11) is 0. The van der Waals surface area contributed by atoms with Crippen LogP contribution in [0.2, 0.25) is 0 Å². The standard InChI is InChI=1S/C16H30N2O4/c1-2-3-16(22)17-6-4-12(5-7-17)9-18-10-15(21)14(20)8-13(18)11-19/h12-15,19-21H,2-11H2,1H3/t13-,14?,15+/m1/s1. The zero-order valence-electron chi connectivity index (χ0n) is 13.5. The second-order valence-electron chi connectivity index (χ2n) is 6.73. The summed E-state index contributed by atoms with van der Waals surface area (Å²) in [5.74, 6) is 0.743. The minimum atomic E-state index is -0.734. The summed E-state index contributed by atoms with van der Waals surface area (Å²) in [5.41, 5.74) is 0. The lowest BCUT2D eigenvalue weighted by Crippen LogP contribution is -2.55. The molecule has 0 aromatic carbocycles. The van der Waals surface area contributed by atoms with E-state index < -0.39 is 12.2 Å². The number of aliphatic hydroxyl groups is 3. The van der Waals surface area contributed by atoms with Crippen molar-refractivity contribution < 1.29 is 20.1 Å². The second kappa shape index (κ2) is 8.24. The van der Waals surface area contributed by atoms with Gasteiger partial charge in [-0.15, -0.1) is 0 Å². The molecule has 0 spiro atoms. The summed E-state index contributed by atoms with van der Waals surface area (Å²) in [6.45, 7) is 4.90. The van der Waals surface area contributed by atoms with E-state index in [4.69, 9.17) is 0 Å². The first-order chi connectivity index (χ1) is 10.5. The van der Waals surface area contributed by atoms with Gasteiger partial charge in [0.1, 0.15) is 0 Å². The lowest BCUT2D eigenvalue weighted by atomic mass is 9.92. The summed E-state index contributed by atoms with van der Waals surface area (Å²) < 4.78 is 0. The Morgan fingerprint density at radius 3 is 2.45 bits per heavy atom. The molecule has 6 nitrogen and oxygen atoms in total. The molecular formula is C16H30N2O4. The summed E-state index contributed by atoms with van der Waals surface area (Å²) in [6, 6.07) is -0.0712. The van der Waals surface area contributed by atoms with Crippen molar-refractivity contribution in [2.24, 2.45) is 5.92 Å². The highest BCUT2D eigenvalue weighted by molar-refractivity contribution is 5.76. The quantitative estimate of drug-likeness (QED) is 0.655. The van der Waals surface area contributed by atoms with Crippen molar-refractivity contribution in [1.82, 2.24) is 9.80 Å². The van der Waals surface area contributed by atoms with Crippen LogP contribution in [0.4, 0.5) is 0 Å². The van der Waals surface area contributed by atoms with Gasteiger partial charge in [-0.2, -0.15) is 0 Å². The van der Waals surface area contributed by atoms with Gasteiger partial charge < -0.3 is 20.2 Å². The average molecular weight is 314 g/mol. The number of hydrogen-bond acceptors (Lipinski definition) is 5. The molecule has 0 radical (unpaired) electrons. The maximum atomic E-state index is 11.9. The summed E-state index contributed by atoms with van der Waals surface area (Å²) >= 11 is 0. The van der Waals surface area contributed by atoms with Gasteiger partial charge in [-0.25, -0.2) is 0 Å². The van der Waals surface area contributed by atoms with Gasteiger partial charge in [0.2, 0.25) is 5.91 Å². The number of aliphatic hydroxyl groups excluding tert-OH is 3. The van der Waals surface area contributed by atoms with E-state index in [1.165, 1.54) is 0 Å². The molecule has 3 atom stereocenters. The fraction of sp³-hybridized carbons (Fsp3) is 0.938. The molecule has 2 aliphatic heterocycles. The zero-order chi connectivity index (χ0) is 16.1. The van der Waals surface area contributed by atoms with Crippen LogP contribution in [0.25, 0.3) is 0 Å². The van der Waals surface area contributed by atoms with E-state index in [0.29, 0.717) is 25.3 Å². The van der Waals surface area contributed by atoms with Crippen molar-refractivity contribution in [2.75, 3.05) is 32.8 Å². The monoisotopic (exact) mass is 314 g/mol. The van der Waals surface area contributed by atoms with Crippen LogP contribution >= 0.6 is 0 Å². The Labute approximate surface area is 132 Å². The van der Waals surface area contributed by atoms with Crippen molar-refractivity contribution >= 4 is 5.91 Å². The number of carbonyl (C=O) groups excluding carboxylic acids is 1. The Balaban J connectivity index is 1.81. The molecule has 0 aromatic heterocycles. The largest absolute Gasteiger partial charge is 0.395 e. The highest BCUT2D eigenvalue weighted by atomic mass is 16.3. The molecule has 2 rings (SSSR count). The van der Waals surface area contributed by atoms with Crippen LogP contribution in [0.1, 0.15) is 39.0 Å². The summed E-state index contributed by atoms with van der Waals surface area (Å²) in [5, 5.41) is 29.0. The molecule has 0 aromatic rings. The fourth-order valence-electron chi connectivity index (χ4n) is 3.58. The second-order valence-corrected chi connectivity index (χ2v) is 6.73. The van der Waals surface area contributed by atoms with Gasteiger partial charge in [0.25, 0.3) is 0 Å². The van der Waals surface area contributed by atoms with Crippen LogP contribution in [0.5, 0.6) is 0 Å². The molecule has 3 N–H and O–H groups in total. The predicted molar refractivity (Wildman–Crippen MR) is 83.3 cm³/mol. The Hall–Kier alpha value is -0.690. The van der Waals surface area contributed by atoms with E-state index >= 15 is 0 Å². The number of nitrogens with zero attached hydrogens (tertiary/aromatic N) is 2. The van der Waals surface area contributed by atoms with Crippen molar-refractivity contribution in [3.63, 3.8) is 0 Å². The number of piperidine rings is 2. The summed E-state index contributed by atoms with van der Waals surface area (Å²) in [6.07, 6.45) is 2.44. The van der Waals surface area contributed by atoms with Crippen LogP contribution in [-0.4, -0.2) is 82.1 Å². The number of likely N-dealkylation sites (tertiary alicyclic amines) is 2. The molecule has 1 amide bonds.